The summed E-state index contributed by atoms with van der Waals surface area (Å²) in [5.74, 6) is -1.97. The number of ether oxygens (including phenoxy) is 4. The lowest BCUT2D eigenvalue weighted by Crippen LogP contribution is -2.56. The van der Waals surface area contributed by atoms with Crippen LogP contribution in [0.15, 0.2) is 18.7 Å². The van der Waals surface area contributed by atoms with Gasteiger partial charge in [-0.2, -0.15) is 4.98 Å². The lowest BCUT2D eigenvalue weighted by Gasteiger charge is -2.47. The number of hydrogen-bond donors (Lipinski definition) is 1. The van der Waals surface area contributed by atoms with E-state index in [1.165, 1.54) is 0 Å². The number of methoxy groups -OCH3 is 1. The molecule has 2 atom stereocenters. The fourth-order valence-corrected chi connectivity index (χ4v) is 6.43. The predicted octanol–water partition coefficient (Wildman–Crippen LogP) is 4.87. The standard InChI is InChI=1S/C32H49N3O6/c1-5-6-12-25(28(37)30(2)13-7-8-15-32(30)40-20-21-41-32)27(36)29-34-24(11-9-19-38-4)22-26(35-29)39-23-31(16-17-31)14-10-18-33-3/h5,22,25,33H,1,6-21,23H2,2-4H3/t25-,30-/m0/s1. The molecule has 1 N–H and O–H groups in total. The van der Waals surface area contributed by atoms with E-state index >= 15 is 0 Å². The van der Waals surface area contributed by atoms with Crippen molar-refractivity contribution in [3.05, 3.63) is 30.2 Å². The molecule has 1 aliphatic heterocycles. The van der Waals surface area contributed by atoms with E-state index in [1.54, 1.807) is 13.2 Å². The number of aryl methyl sites for hydroxylation is 1. The molecular formula is C32H49N3O6. The van der Waals surface area contributed by atoms with Gasteiger partial charge in [-0.05, 0) is 84.7 Å². The van der Waals surface area contributed by atoms with Crippen molar-refractivity contribution >= 4 is 11.6 Å². The third-order valence-corrected chi connectivity index (χ3v) is 9.24. The Hall–Kier alpha value is -2.20. The maximum absolute atomic E-state index is 14.3. The summed E-state index contributed by atoms with van der Waals surface area (Å²) in [6, 6.07) is 1.83. The molecule has 2 saturated carbocycles. The Bertz CT molecular complexity index is 1050. The second-order valence-electron chi connectivity index (χ2n) is 12.2. The molecule has 0 unspecified atom stereocenters. The second kappa shape index (κ2) is 14.3. The molecule has 2 heterocycles. The molecule has 1 aromatic rings. The van der Waals surface area contributed by atoms with Crippen molar-refractivity contribution in [2.45, 2.75) is 89.8 Å². The summed E-state index contributed by atoms with van der Waals surface area (Å²) >= 11 is 0. The van der Waals surface area contributed by atoms with Crippen LogP contribution in [0.25, 0.3) is 0 Å². The van der Waals surface area contributed by atoms with Crippen LogP contribution in [0.3, 0.4) is 0 Å². The number of aromatic nitrogens is 2. The number of ketones is 2. The number of nitrogens with one attached hydrogen (secondary N) is 1. The predicted molar refractivity (Wildman–Crippen MR) is 156 cm³/mol. The van der Waals surface area contributed by atoms with Gasteiger partial charge in [0.1, 0.15) is 0 Å². The normalized spacial score (nSPS) is 23.3. The van der Waals surface area contributed by atoms with E-state index in [4.69, 9.17) is 18.9 Å². The van der Waals surface area contributed by atoms with Gasteiger partial charge in [-0.15, -0.1) is 6.58 Å². The Morgan fingerprint density at radius 2 is 1.90 bits per heavy atom. The quantitative estimate of drug-likeness (QED) is 0.114. The van der Waals surface area contributed by atoms with Crippen molar-refractivity contribution in [2.24, 2.45) is 16.7 Å². The van der Waals surface area contributed by atoms with Crippen LogP contribution in [0.2, 0.25) is 0 Å². The summed E-state index contributed by atoms with van der Waals surface area (Å²) in [6.07, 6.45) is 11.5. The minimum atomic E-state index is -0.974. The van der Waals surface area contributed by atoms with Gasteiger partial charge in [-0.3, -0.25) is 9.59 Å². The summed E-state index contributed by atoms with van der Waals surface area (Å²) in [4.78, 5) is 37.7. The first-order valence-electron chi connectivity index (χ1n) is 15.4. The largest absolute Gasteiger partial charge is 0.477 e. The van der Waals surface area contributed by atoms with Gasteiger partial charge < -0.3 is 24.3 Å². The Morgan fingerprint density at radius 3 is 2.59 bits per heavy atom. The molecule has 0 bridgehead atoms. The average molecular weight is 572 g/mol. The summed E-state index contributed by atoms with van der Waals surface area (Å²) in [6.45, 7) is 8.78. The van der Waals surface area contributed by atoms with Gasteiger partial charge >= 0.3 is 0 Å². The molecule has 0 amide bonds. The van der Waals surface area contributed by atoms with Crippen LogP contribution in [0.5, 0.6) is 5.88 Å². The summed E-state index contributed by atoms with van der Waals surface area (Å²) in [5, 5.41) is 3.21. The zero-order chi connectivity index (χ0) is 29.3. The maximum Gasteiger partial charge on any atom is 0.217 e. The molecule has 1 aromatic heterocycles. The Labute approximate surface area is 245 Å². The third kappa shape index (κ3) is 7.42. The fraction of sp³-hybridized carbons (Fsp3) is 0.750. The SMILES string of the molecule is C=CCC[C@@H](C(=O)c1nc(CCCOC)cc(OCC2(CCCNC)CC2)n1)C(=O)[C@]1(C)CCCCC12OCCO2. The molecule has 0 radical (unpaired) electrons. The maximum atomic E-state index is 14.3. The van der Waals surface area contributed by atoms with E-state index in [1.807, 2.05) is 20.0 Å². The van der Waals surface area contributed by atoms with Gasteiger partial charge in [0.15, 0.2) is 17.4 Å². The number of carbonyl (C=O) groups is 2. The molecule has 0 aromatic carbocycles. The topological polar surface area (TPSA) is 109 Å². The molecule has 9 heteroatoms. The number of Topliss-reactive ketones (excluding diaryl/α,β-unsaturated/α-hetero) is 2. The first-order valence-corrected chi connectivity index (χ1v) is 15.4. The van der Waals surface area contributed by atoms with Crippen LogP contribution in [0, 0.1) is 16.7 Å². The lowest BCUT2D eigenvalue weighted by atomic mass is 9.64. The zero-order valence-electron chi connectivity index (χ0n) is 25.3. The summed E-state index contributed by atoms with van der Waals surface area (Å²) in [5.41, 5.74) is -0.0339. The van der Waals surface area contributed by atoms with Crippen molar-refractivity contribution < 1.29 is 28.5 Å². The highest BCUT2D eigenvalue weighted by Crippen LogP contribution is 2.52. The van der Waals surface area contributed by atoms with Crippen LogP contribution >= 0.6 is 0 Å². The molecule has 3 aliphatic rings. The first kappa shape index (κ1) is 31.7. The Morgan fingerprint density at radius 1 is 1.15 bits per heavy atom. The van der Waals surface area contributed by atoms with E-state index in [0.29, 0.717) is 70.1 Å². The van der Waals surface area contributed by atoms with E-state index in [9.17, 15) is 9.59 Å². The minimum absolute atomic E-state index is 0.0408. The first-order chi connectivity index (χ1) is 19.8. The van der Waals surface area contributed by atoms with Crippen LogP contribution in [0.4, 0.5) is 0 Å². The van der Waals surface area contributed by atoms with Gasteiger partial charge in [0, 0.05) is 37.3 Å². The van der Waals surface area contributed by atoms with Crippen molar-refractivity contribution in [3.63, 3.8) is 0 Å². The molecule has 1 saturated heterocycles. The number of allylic oxidation sites excluding steroid dienone is 1. The van der Waals surface area contributed by atoms with E-state index < -0.39 is 17.1 Å². The Kier molecular flexibility index (Phi) is 11.1. The number of hydrogen-bond acceptors (Lipinski definition) is 9. The van der Waals surface area contributed by atoms with Crippen LogP contribution < -0.4 is 10.1 Å². The van der Waals surface area contributed by atoms with Crippen molar-refractivity contribution in [3.8, 4) is 5.88 Å². The van der Waals surface area contributed by atoms with Gasteiger partial charge in [-0.1, -0.05) is 12.5 Å². The number of rotatable bonds is 18. The van der Waals surface area contributed by atoms with Crippen molar-refractivity contribution in [1.82, 2.24) is 15.3 Å². The fourth-order valence-electron chi connectivity index (χ4n) is 6.43. The highest BCUT2D eigenvalue weighted by molar-refractivity contribution is 6.11. The molecule has 3 fully saturated rings. The smallest absolute Gasteiger partial charge is 0.217 e. The van der Waals surface area contributed by atoms with Gasteiger partial charge in [0.2, 0.25) is 11.7 Å². The molecule has 41 heavy (non-hydrogen) atoms. The van der Waals surface area contributed by atoms with E-state index in [2.05, 4.69) is 21.9 Å². The van der Waals surface area contributed by atoms with E-state index in [0.717, 1.165) is 51.5 Å². The van der Waals surface area contributed by atoms with Gasteiger partial charge in [0.25, 0.3) is 0 Å². The number of nitrogens with zero attached hydrogens (tertiary/aromatic N) is 2. The van der Waals surface area contributed by atoms with Crippen LogP contribution in [-0.2, 0) is 25.4 Å². The monoisotopic (exact) mass is 571 g/mol. The molecular weight excluding hydrogens is 522 g/mol. The molecule has 1 spiro atoms. The molecule has 2 aliphatic carbocycles. The average Bonchev–Trinajstić information content (AvgIpc) is 3.59. The lowest BCUT2D eigenvalue weighted by molar-refractivity contribution is -0.245. The minimum Gasteiger partial charge on any atom is -0.477 e. The van der Waals surface area contributed by atoms with Gasteiger partial charge in [0.05, 0.1) is 31.2 Å². The van der Waals surface area contributed by atoms with Crippen LogP contribution in [-0.4, -0.2) is 74.5 Å². The van der Waals surface area contributed by atoms with Crippen molar-refractivity contribution in [2.75, 3.05) is 47.1 Å². The summed E-state index contributed by atoms with van der Waals surface area (Å²) < 4.78 is 23.7. The zero-order valence-corrected chi connectivity index (χ0v) is 25.3. The second-order valence-corrected chi connectivity index (χ2v) is 12.2. The highest BCUT2D eigenvalue weighted by atomic mass is 16.7. The molecule has 228 valence electrons. The Balaban J connectivity index is 1.59. The molecule has 4 rings (SSSR count). The van der Waals surface area contributed by atoms with E-state index in [-0.39, 0.29) is 22.8 Å². The molecule has 9 nitrogen and oxygen atoms in total. The summed E-state index contributed by atoms with van der Waals surface area (Å²) in [7, 11) is 3.63. The van der Waals surface area contributed by atoms with Crippen LogP contribution in [0.1, 0.15) is 93.9 Å². The van der Waals surface area contributed by atoms with Gasteiger partial charge in [-0.25, -0.2) is 4.98 Å². The van der Waals surface area contributed by atoms with Crippen molar-refractivity contribution in [1.29, 1.82) is 0 Å². The number of carbonyl (C=O) groups excluding carboxylic acids is 2. The highest BCUT2D eigenvalue weighted by Gasteiger charge is 2.60. The third-order valence-electron chi connectivity index (χ3n) is 9.24.